The molecule has 0 unspecified atom stereocenters. The Kier molecular flexibility index (Phi) is 3.55. The molecule has 0 aliphatic heterocycles. The Bertz CT molecular complexity index is 494. The van der Waals surface area contributed by atoms with Gasteiger partial charge in [0.1, 0.15) is 11.6 Å². The molecule has 0 aliphatic rings. The molecule has 0 fully saturated rings. The summed E-state index contributed by atoms with van der Waals surface area (Å²) in [5, 5.41) is 2.52. The van der Waals surface area contributed by atoms with Gasteiger partial charge in [0, 0.05) is 12.8 Å². The van der Waals surface area contributed by atoms with E-state index in [4.69, 9.17) is 4.42 Å². The Morgan fingerprint density at radius 3 is 2.76 bits per heavy atom. The summed E-state index contributed by atoms with van der Waals surface area (Å²) < 4.78 is 18.3. The second-order valence-electron chi connectivity index (χ2n) is 3.61. The molecule has 17 heavy (non-hydrogen) atoms. The smallest absolute Gasteiger partial charge is 0.224 e. The number of nitrogens with one attached hydrogen (secondary N) is 1. The number of aryl methyl sites for hydroxylation is 1. The highest BCUT2D eigenvalue weighted by Gasteiger charge is 2.07. The Hall–Kier alpha value is -2.10. The molecule has 2 aromatic rings. The average molecular weight is 233 g/mol. The average Bonchev–Trinajstić information content (AvgIpc) is 2.82. The van der Waals surface area contributed by atoms with E-state index < -0.39 is 5.82 Å². The van der Waals surface area contributed by atoms with Gasteiger partial charge in [-0.2, -0.15) is 0 Å². The van der Waals surface area contributed by atoms with Crippen molar-refractivity contribution in [3.8, 4) is 0 Å². The van der Waals surface area contributed by atoms with Crippen LogP contribution in [0.3, 0.4) is 0 Å². The van der Waals surface area contributed by atoms with Crippen LogP contribution in [0.15, 0.2) is 47.1 Å². The number of hydrogen-bond acceptors (Lipinski definition) is 2. The van der Waals surface area contributed by atoms with Gasteiger partial charge in [0.15, 0.2) is 0 Å². The summed E-state index contributed by atoms with van der Waals surface area (Å²) in [6, 6.07) is 9.65. The Labute approximate surface area is 98.3 Å². The fourth-order valence-corrected chi connectivity index (χ4v) is 1.47. The van der Waals surface area contributed by atoms with Gasteiger partial charge in [-0.3, -0.25) is 4.79 Å². The van der Waals surface area contributed by atoms with Crippen molar-refractivity contribution in [2.24, 2.45) is 0 Å². The summed E-state index contributed by atoms with van der Waals surface area (Å²) >= 11 is 0. The summed E-state index contributed by atoms with van der Waals surface area (Å²) in [5.41, 5.74) is 0.206. The predicted octanol–water partition coefficient (Wildman–Crippen LogP) is 2.99. The number of carbonyl (C=O) groups excluding carboxylic acids is 1. The standard InChI is InChI=1S/C13H12FNO2/c14-11-5-1-2-6-12(11)15-13(16)8-7-10-4-3-9-17-10/h1-6,9H,7-8H2,(H,15,16). The number of furan rings is 1. The zero-order chi connectivity index (χ0) is 12.1. The zero-order valence-electron chi connectivity index (χ0n) is 9.15. The van der Waals surface area contributed by atoms with Gasteiger partial charge < -0.3 is 9.73 Å². The van der Waals surface area contributed by atoms with Crippen LogP contribution in [0.5, 0.6) is 0 Å². The lowest BCUT2D eigenvalue weighted by Gasteiger charge is -2.05. The minimum Gasteiger partial charge on any atom is -0.469 e. The molecule has 1 aromatic heterocycles. The summed E-state index contributed by atoms with van der Waals surface area (Å²) in [6.07, 6.45) is 2.33. The van der Waals surface area contributed by atoms with E-state index in [1.54, 1.807) is 30.5 Å². The molecule has 1 heterocycles. The van der Waals surface area contributed by atoms with E-state index in [0.29, 0.717) is 6.42 Å². The molecule has 0 atom stereocenters. The topological polar surface area (TPSA) is 42.2 Å². The summed E-state index contributed by atoms with van der Waals surface area (Å²) in [6.45, 7) is 0. The van der Waals surface area contributed by atoms with Gasteiger partial charge in [0.05, 0.1) is 12.0 Å². The molecule has 0 saturated carbocycles. The molecule has 4 heteroatoms. The second kappa shape index (κ2) is 5.30. The highest BCUT2D eigenvalue weighted by molar-refractivity contribution is 5.90. The normalized spacial score (nSPS) is 10.2. The highest BCUT2D eigenvalue weighted by Crippen LogP contribution is 2.13. The zero-order valence-corrected chi connectivity index (χ0v) is 9.15. The van der Waals surface area contributed by atoms with Crippen molar-refractivity contribution < 1.29 is 13.6 Å². The van der Waals surface area contributed by atoms with Crippen molar-refractivity contribution >= 4 is 11.6 Å². The van der Waals surface area contributed by atoms with Gasteiger partial charge in [0.2, 0.25) is 5.91 Å². The number of halogens is 1. The minimum atomic E-state index is -0.432. The van der Waals surface area contributed by atoms with Crippen molar-refractivity contribution in [1.29, 1.82) is 0 Å². The number of para-hydroxylation sites is 1. The molecule has 0 saturated heterocycles. The van der Waals surface area contributed by atoms with Crippen LogP contribution >= 0.6 is 0 Å². The van der Waals surface area contributed by atoms with Crippen LogP contribution in [0, 0.1) is 5.82 Å². The Morgan fingerprint density at radius 2 is 2.06 bits per heavy atom. The maximum absolute atomic E-state index is 13.2. The first kappa shape index (κ1) is 11.4. The lowest BCUT2D eigenvalue weighted by Crippen LogP contribution is -2.13. The van der Waals surface area contributed by atoms with Gasteiger partial charge >= 0.3 is 0 Å². The van der Waals surface area contributed by atoms with E-state index in [0.717, 1.165) is 5.76 Å². The number of hydrogen-bond donors (Lipinski definition) is 1. The highest BCUT2D eigenvalue weighted by atomic mass is 19.1. The summed E-state index contributed by atoms with van der Waals surface area (Å²) in [7, 11) is 0. The van der Waals surface area contributed by atoms with Gasteiger partial charge in [-0.1, -0.05) is 12.1 Å². The van der Waals surface area contributed by atoms with E-state index in [9.17, 15) is 9.18 Å². The molecule has 3 nitrogen and oxygen atoms in total. The lowest BCUT2D eigenvalue weighted by molar-refractivity contribution is -0.116. The van der Waals surface area contributed by atoms with Crippen LogP contribution in [0.2, 0.25) is 0 Å². The van der Waals surface area contributed by atoms with Crippen LogP contribution in [-0.4, -0.2) is 5.91 Å². The molecule has 1 aromatic carbocycles. The van der Waals surface area contributed by atoms with Crippen LogP contribution in [-0.2, 0) is 11.2 Å². The van der Waals surface area contributed by atoms with Gasteiger partial charge in [-0.05, 0) is 24.3 Å². The van der Waals surface area contributed by atoms with E-state index in [1.807, 2.05) is 0 Å². The number of benzene rings is 1. The van der Waals surface area contributed by atoms with Crippen LogP contribution in [0.4, 0.5) is 10.1 Å². The van der Waals surface area contributed by atoms with Crippen LogP contribution in [0.25, 0.3) is 0 Å². The third kappa shape index (κ3) is 3.17. The first-order valence-electron chi connectivity index (χ1n) is 5.32. The van der Waals surface area contributed by atoms with E-state index in [2.05, 4.69) is 5.32 Å². The fourth-order valence-electron chi connectivity index (χ4n) is 1.47. The third-order valence-corrected chi connectivity index (χ3v) is 2.33. The van der Waals surface area contributed by atoms with E-state index in [-0.39, 0.29) is 18.0 Å². The van der Waals surface area contributed by atoms with E-state index in [1.165, 1.54) is 12.1 Å². The maximum atomic E-state index is 13.2. The summed E-state index contributed by atoms with van der Waals surface area (Å²) in [5.74, 6) is 0.0824. The van der Waals surface area contributed by atoms with Crippen molar-refractivity contribution in [2.75, 3.05) is 5.32 Å². The Balaban J connectivity index is 1.87. The van der Waals surface area contributed by atoms with Gasteiger partial charge in [-0.15, -0.1) is 0 Å². The van der Waals surface area contributed by atoms with Gasteiger partial charge in [-0.25, -0.2) is 4.39 Å². The maximum Gasteiger partial charge on any atom is 0.224 e. The molecule has 0 bridgehead atoms. The molecule has 1 N–H and O–H groups in total. The van der Waals surface area contributed by atoms with Crippen molar-refractivity contribution in [2.45, 2.75) is 12.8 Å². The van der Waals surface area contributed by atoms with Crippen molar-refractivity contribution in [3.05, 3.63) is 54.2 Å². The van der Waals surface area contributed by atoms with Crippen molar-refractivity contribution in [1.82, 2.24) is 0 Å². The van der Waals surface area contributed by atoms with Crippen LogP contribution < -0.4 is 5.32 Å². The Morgan fingerprint density at radius 1 is 1.24 bits per heavy atom. The number of anilines is 1. The number of rotatable bonds is 4. The fraction of sp³-hybridized carbons (Fsp3) is 0.154. The molecule has 1 amide bonds. The lowest BCUT2D eigenvalue weighted by atomic mass is 10.2. The third-order valence-electron chi connectivity index (χ3n) is 2.33. The molecule has 2 rings (SSSR count). The van der Waals surface area contributed by atoms with E-state index >= 15 is 0 Å². The molecule has 0 aliphatic carbocycles. The second-order valence-corrected chi connectivity index (χ2v) is 3.61. The number of amides is 1. The molecule has 0 radical (unpaired) electrons. The summed E-state index contributed by atoms with van der Waals surface area (Å²) in [4.78, 5) is 11.5. The largest absolute Gasteiger partial charge is 0.469 e. The minimum absolute atomic E-state index is 0.206. The molecular weight excluding hydrogens is 221 g/mol. The molecular formula is C13H12FNO2. The predicted molar refractivity (Wildman–Crippen MR) is 62.1 cm³/mol. The van der Waals surface area contributed by atoms with Gasteiger partial charge in [0.25, 0.3) is 0 Å². The quantitative estimate of drug-likeness (QED) is 0.882. The van der Waals surface area contributed by atoms with Crippen molar-refractivity contribution in [3.63, 3.8) is 0 Å². The SMILES string of the molecule is O=C(CCc1ccco1)Nc1ccccc1F. The first-order chi connectivity index (χ1) is 8.25. The first-order valence-corrected chi connectivity index (χ1v) is 5.32. The monoisotopic (exact) mass is 233 g/mol. The molecule has 88 valence electrons. The van der Waals surface area contributed by atoms with Crippen LogP contribution in [0.1, 0.15) is 12.2 Å². The molecule has 0 spiro atoms. The number of carbonyl (C=O) groups is 1.